The quantitative estimate of drug-likeness (QED) is 0.159. The van der Waals surface area contributed by atoms with E-state index in [1.54, 1.807) is 13.2 Å². The van der Waals surface area contributed by atoms with Crippen LogP contribution in [0.1, 0.15) is 111 Å². The second-order valence-corrected chi connectivity index (χ2v) is 15.6. The van der Waals surface area contributed by atoms with Crippen LogP contribution >= 0.6 is 0 Å². The molecule has 4 unspecified atom stereocenters. The number of hydrogen-bond acceptors (Lipinski definition) is 7. The van der Waals surface area contributed by atoms with Gasteiger partial charge in [-0.25, -0.2) is 9.78 Å². The SMILES string of the molecule is CCC(CCNC(=O)C(NC(=O)OC1CC2CC(C2)C1CCCCCc1nc2ccc(OC)cc2[nH]c1=O)C(C)(C)C)CC(=O)C(C)C. The van der Waals surface area contributed by atoms with E-state index in [0.29, 0.717) is 54.1 Å². The number of aryl methyl sites for hydroxylation is 1. The average molecular weight is 667 g/mol. The van der Waals surface area contributed by atoms with Gasteiger partial charge in [-0.1, -0.05) is 60.8 Å². The molecule has 3 fully saturated rings. The highest BCUT2D eigenvalue weighted by Crippen LogP contribution is 2.51. The molecular formula is C38H58N4O6. The summed E-state index contributed by atoms with van der Waals surface area (Å²) in [5.41, 5.74) is 1.29. The molecule has 3 saturated carbocycles. The zero-order chi connectivity index (χ0) is 35.0. The van der Waals surface area contributed by atoms with Crippen molar-refractivity contribution < 1.29 is 23.9 Å². The Morgan fingerprint density at radius 2 is 1.83 bits per heavy atom. The molecule has 3 N–H and O–H groups in total. The first-order valence-corrected chi connectivity index (χ1v) is 18.1. The smallest absolute Gasteiger partial charge is 0.408 e. The highest BCUT2D eigenvalue weighted by molar-refractivity contribution is 5.86. The van der Waals surface area contributed by atoms with Crippen LogP contribution in [-0.4, -0.2) is 53.6 Å². The largest absolute Gasteiger partial charge is 0.497 e. The summed E-state index contributed by atoms with van der Waals surface area (Å²) in [7, 11) is 1.59. The fourth-order valence-corrected chi connectivity index (χ4v) is 7.38. The molecule has 4 atom stereocenters. The maximum atomic E-state index is 13.3. The number of rotatable bonds is 17. The lowest BCUT2D eigenvalue weighted by Gasteiger charge is -2.50. The topological polar surface area (TPSA) is 139 Å². The fourth-order valence-electron chi connectivity index (χ4n) is 7.38. The van der Waals surface area contributed by atoms with Crippen molar-refractivity contribution in [3.05, 3.63) is 34.2 Å². The van der Waals surface area contributed by atoms with E-state index in [2.05, 4.69) is 27.5 Å². The van der Waals surface area contributed by atoms with E-state index >= 15 is 0 Å². The molecule has 10 nitrogen and oxygen atoms in total. The summed E-state index contributed by atoms with van der Waals surface area (Å²) in [6.45, 7) is 12.2. The summed E-state index contributed by atoms with van der Waals surface area (Å²) >= 11 is 0. The van der Waals surface area contributed by atoms with Crippen molar-refractivity contribution in [1.29, 1.82) is 0 Å². The zero-order valence-corrected chi connectivity index (χ0v) is 30.2. The number of carbonyl (C=O) groups is 3. The Balaban J connectivity index is 1.25. The third-order valence-corrected chi connectivity index (χ3v) is 10.6. The predicted octanol–water partition coefficient (Wildman–Crippen LogP) is 6.74. The number of alkyl carbamates (subject to hydrolysis) is 1. The fraction of sp³-hybridized carbons (Fsp3) is 0.711. The number of ketones is 1. The maximum absolute atomic E-state index is 13.3. The summed E-state index contributed by atoms with van der Waals surface area (Å²) < 4.78 is 11.3. The summed E-state index contributed by atoms with van der Waals surface area (Å²) in [5, 5.41) is 5.90. The Bertz CT molecular complexity index is 1460. The molecule has 0 aliphatic heterocycles. The molecule has 0 spiro atoms. The number of nitrogens with zero attached hydrogens (tertiary/aromatic N) is 1. The Labute approximate surface area is 285 Å². The van der Waals surface area contributed by atoms with Crippen LogP contribution in [0.15, 0.2) is 23.0 Å². The number of amides is 2. The highest BCUT2D eigenvalue weighted by atomic mass is 16.6. The average Bonchev–Trinajstić information content (AvgIpc) is 3.01. The third-order valence-electron chi connectivity index (χ3n) is 10.6. The molecule has 2 aromatic rings. The zero-order valence-electron chi connectivity index (χ0n) is 30.2. The summed E-state index contributed by atoms with van der Waals surface area (Å²) in [6.07, 6.45) is 9.10. The van der Waals surface area contributed by atoms with Gasteiger partial charge in [-0.3, -0.25) is 14.4 Å². The minimum absolute atomic E-state index is 0.0144. The number of hydrogen-bond donors (Lipinski definition) is 3. The van der Waals surface area contributed by atoms with Crippen molar-refractivity contribution in [3.8, 4) is 5.75 Å². The van der Waals surface area contributed by atoms with Gasteiger partial charge in [0.05, 0.1) is 18.1 Å². The molecule has 0 saturated heterocycles. The Hall–Kier alpha value is -3.43. The van der Waals surface area contributed by atoms with Crippen LogP contribution in [0.3, 0.4) is 0 Å². The lowest BCUT2D eigenvalue weighted by molar-refractivity contribution is -0.126. The highest BCUT2D eigenvalue weighted by Gasteiger charge is 2.47. The van der Waals surface area contributed by atoms with E-state index in [1.165, 1.54) is 12.8 Å². The van der Waals surface area contributed by atoms with E-state index in [9.17, 15) is 19.2 Å². The van der Waals surface area contributed by atoms with Gasteiger partial charge < -0.3 is 25.1 Å². The molecule has 10 heteroatoms. The van der Waals surface area contributed by atoms with E-state index in [1.807, 2.05) is 46.8 Å². The predicted molar refractivity (Wildman–Crippen MR) is 188 cm³/mol. The van der Waals surface area contributed by atoms with Gasteiger partial charge in [0.2, 0.25) is 5.91 Å². The number of ether oxygens (including phenoxy) is 2. The summed E-state index contributed by atoms with van der Waals surface area (Å²) in [6, 6.07) is 4.74. The Kier molecular flexibility index (Phi) is 13.1. The van der Waals surface area contributed by atoms with Crippen LogP contribution < -0.4 is 20.9 Å². The molecule has 2 bridgehead atoms. The lowest BCUT2D eigenvalue weighted by atomic mass is 9.58. The van der Waals surface area contributed by atoms with Gasteiger partial charge in [0.1, 0.15) is 29.4 Å². The van der Waals surface area contributed by atoms with Crippen molar-refractivity contribution in [1.82, 2.24) is 20.6 Å². The van der Waals surface area contributed by atoms with Gasteiger partial charge in [-0.15, -0.1) is 0 Å². The maximum Gasteiger partial charge on any atom is 0.408 e. The first-order valence-electron chi connectivity index (χ1n) is 18.1. The van der Waals surface area contributed by atoms with E-state index in [0.717, 1.165) is 50.5 Å². The number of benzene rings is 1. The monoisotopic (exact) mass is 666 g/mol. The van der Waals surface area contributed by atoms with Crippen molar-refractivity contribution in [3.63, 3.8) is 0 Å². The van der Waals surface area contributed by atoms with Crippen LogP contribution in [0.2, 0.25) is 0 Å². The standard InChI is InChI=1S/C38H58N4O6/c1-8-24(20-32(43)23(2)3)16-17-39-36(45)34(38(4,5)6)42-37(46)48-33-21-25-18-26(19-25)28(33)12-10-9-11-13-30-35(44)41-31-22-27(47-7)14-15-29(31)40-30/h14-15,22-26,28,33-34H,8-13,16-21H2,1-7H3,(H,39,45)(H,41,44)(H,42,46). The van der Waals surface area contributed by atoms with Crippen molar-refractivity contribution in [2.75, 3.05) is 13.7 Å². The van der Waals surface area contributed by atoms with Gasteiger partial charge in [-0.05, 0) is 86.2 Å². The molecule has 1 aromatic heterocycles. The van der Waals surface area contributed by atoms with Gasteiger partial charge >= 0.3 is 6.09 Å². The second kappa shape index (κ2) is 16.8. The molecule has 3 aliphatic rings. The number of aromatic amines is 1. The van der Waals surface area contributed by atoms with Gasteiger partial charge in [0, 0.05) is 24.9 Å². The van der Waals surface area contributed by atoms with Crippen LogP contribution in [0, 0.1) is 35.0 Å². The number of H-pyrrole nitrogens is 1. The molecule has 5 rings (SSSR count). The lowest BCUT2D eigenvalue weighted by Crippen LogP contribution is -2.55. The number of fused-ring (bicyclic) bond motifs is 3. The van der Waals surface area contributed by atoms with Crippen molar-refractivity contribution >= 4 is 28.8 Å². The van der Waals surface area contributed by atoms with E-state index < -0.39 is 17.6 Å². The van der Waals surface area contributed by atoms with Gasteiger partial charge in [0.15, 0.2) is 0 Å². The first-order chi connectivity index (χ1) is 22.8. The summed E-state index contributed by atoms with van der Waals surface area (Å²) in [4.78, 5) is 58.9. The number of aromatic nitrogens is 2. The van der Waals surface area contributed by atoms with Crippen LogP contribution in [-0.2, 0) is 20.7 Å². The molecule has 0 radical (unpaired) electrons. The van der Waals surface area contributed by atoms with Gasteiger partial charge in [-0.2, -0.15) is 0 Å². The van der Waals surface area contributed by atoms with Crippen LogP contribution in [0.4, 0.5) is 4.79 Å². The number of methoxy groups -OCH3 is 1. The van der Waals surface area contributed by atoms with Gasteiger partial charge in [0.25, 0.3) is 5.56 Å². The number of unbranched alkanes of at least 4 members (excludes halogenated alkanes) is 2. The van der Waals surface area contributed by atoms with Crippen LogP contribution in [0.5, 0.6) is 5.75 Å². The minimum atomic E-state index is -0.743. The van der Waals surface area contributed by atoms with Crippen LogP contribution in [0.25, 0.3) is 11.0 Å². The second-order valence-electron chi connectivity index (χ2n) is 15.6. The molecular weight excluding hydrogens is 608 g/mol. The number of nitrogens with one attached hydrogen (secondary N) is 3. The molecule has 1 heterocycles. The molecule has 1 aromatic carbocycles. The number of carbonyl (C=O) groups excluding carboxylic acids is 3. The first kappa shape index (κ1) is 37.4. The Morgan fingerprint density at radius 3 is 2.50 bits per heavy atom. The molecule has 48 heavy (non-hydrogen) atoms. The third kappa shape index (κ3) is 10.0. The minimum Gasteiger partial charge on any atom is -0.497 e. The molecule has 266 valence electrons. The molecule has 2 amide bonds. The van der Waals surface area contributed by atoms with Crippen molar-refractivity contribution in [2.24, 2.45) is 35.0 Å². The number of Topliss-reactive ketones (excluding diaryl/α,β-unsaturated/α-hetero) is 1. The molecule has 3 aliphatic carbocycles. The Morgan fingerprint density at radius 1 is 1.08 bits per heavy atom. The summed E-state index contributed by atoms with van der Waals surface area (Å²) in [5.74, 6) is 2.41. The van der Waals surface area contributed by atoms with Crippen molar-refractivity contribution in [2.45, 2.75) is 124 Å². The van der Waals surface area contributed by atoms with E-state index in [4.69, 9.17) is 9.47 Å². The normalized spacial score (nSPS) is 21.7. The van der Waals surface area contributed by atoms with E-state index in [-0.39, 0.29) is 35.2 Å².